The van der Waals surface area contributed by atoms with Crippen molar-refractivity contribution in [1.82, 2.24) is 15.5 Å². The maximum absolute atomic E-state index is 11.5. The highest BCUT2D eigenvalue weighted by Crippen LogP contribution is 1.94. The molecule has 0 fully saturated rings. The number of unbranched alkanes of at least 4 members (excludes halogenated alkanes) is 2. The van der Waals surface area contributed by atoms with E-state index >= 15 is 0 Å². The summed E-state index contributed by atoms with van der Waals surface area (Å²) in [6.45, 7) is 9.55. The summed E-state index contributed by atoms with van der Waals surface area (Å²) in [5.41, 5.74) is 5.84. The number of hydrogen-bond acceptors (Lipinski definition) is 6. The third-order valence-corrected chi connectivity index (χ3v) is 3.43. The van der Waals surface area contributed by atoms with E-state index in [1.54, 1.807) is 0 Å². The van der Waals surface area contributed by atoms with Gasteiger partial charge in [0, 0.05) is 38.8 Å². The van der Waals surface area contributed by atoms with Gasteiger partial charge >= 0.3 is 12.2 Å². The van der Waals surface area contributed by atoms with E-state index in [9.17, 15) is 9.59 Å². The Hall–Kier alpha value is -0.960. The predicted octanol–water partition coefficient (Wildman–Crippen LogP) is 2.53. The molecule has 1 unspecified atom stereocenters. The van der Waals surface area contributed by atoms with E-state index in [2.05, 4.69) is 24.5 Å². The molecule has 0 aliphatic rings. The first-order valence-corrected chi connectivity index (χ1v) is 9.28. The molecule has 4 N–H and O–H groups in total. The predicted molar refractivity (Wildman–Crippen MR) is 113 cm³/mol. The summed E-state index contributed by atoms with van der Waals surface area (Å²) in [7, 11) is 0. The van der Waals surface area contributed by atoms with Gasteiger partial charge in [-0.05, 0) is 19.8 Å². The lowest BCUT2D eigenvalue weighted by molar-refractivity contribution is 0.105. The third-order valence-electron chi connectivity index (χ3n) is 3.43. The summed E-state index contributed by atoms with van der Waals surface area (Å²) < 4.78 is 10.3. The maximum Gasteiger partial charge on any atom is 0.407 e. The molecule has 0 aromatic heterocycles. The summed E-state index contributed by atoms with van der Waals surface area (Å²) in [6.07, 6.45) is 3.11. The number of nitrogens with two attached hydrogens (primary N) is 1. The summed E-state index contributed by atoms with van der Waals surface area (Å²) in [5, 5.41) is 5.40. The van der Waals surface area contributed by atoms with E-state index in [-0.39, 0.29) is 44.1 Å². The molecule has 0 spiro atoms. The molecule has 0 aromatic carbocycles. The minimum Gasteiger partial charge on any atom is -0.448 e. The lowest BCUT2D eigenvalue weighted by atomic mass is 10.3. The largest absolute Gasteiger partial charge is 0.448 e. The number of rotatable bonds is 14. The smallest absolute Gasteiger partial charge is 0.407 e. The van der Waals surface area contributed by atoms with E-state index < -0.39 is 12.2 Å². The lowest BCUT2D eigenvalue weighted by Gasteiger charge is -2.23. The van der Waals surface area contributed by atoms with Crippen LogP contribution in [0.25, 0.3) is 0 Å². The van der Waals surface area contributed by atoms with E-state index in [1.807, 2.05) is 11.8 Å². The fraction of sp³-hybridized carbons (Fsp3) is 0.882. The molecule has 0 bridgehead atoms. The molecule has 2 amide bonds. The Morgan fingerprint density at radius 1 is 0.926 bits per heavy atom. The Morgan fingerprint density at radius 3 is 1.67 bits per heavy atom. The molecule has 1 atom stereocenters. The molecule has 10 heteroatoms. The highest BCUT2D eigenvalue weighted by Gasteiger charge is 2.10. The van der Waals surface area contributed by atoms with Crippen LogP contribution in [-0.2, 0) is 9.47 Å². The first-order valence-electron chi connectivity index (χ1n) is 9.28. The van der Waals surface area contributed by atoms with Gasteiger partial charge in [-0.25, -0.2) is 9.59 Å². The molecule has 0 aliphatic heterocycles. The number of hydrogen-bond donors (Lipinski definition) is 3. The third kappa shape index (κ3) is 21.2. The first kappa shape index (κ1) is 30.8. The number of amides is 2. The van der Waals surface area contributed by atoms with Crippen LogP contribution in [0.1, 0.15) is 46.5 Å². The van der Waals surface area contributed by atoms with Crippen LogP contribution in [0, 0.1) is 0 Å². The molecule has 164 valence electrons. The fourth-order valence-corrected chi connectivity index (χ4v) is 2.07. The van der Waals surface area contributed by atoms with Gasteiger partial charge in [-0.3, -0.25) is 4.90 Å². The van der Waals surface area contributed by atoms with Crippen molar-refractivity contribution in [2.45, 2.75) is 52.5 Å². The van der Waals surface area contributed by atoms with Crippen LogP contribution >= 0.6 is 24.8 Å². The molecule has 0 aliphatic carbocycles. The Morgan fingerprint density at radius 2 is 1.33 bits per heavy atom. The fourth-order valence-electron chi connectivity index (χ4n) is 2.07. The molecule has 0 heterocycles. The number of carbonyl (C=O) groups is 2. The van der Waals surface area contributed by atoms with Crippen LogP contribution in [0.3, 0.4) is 0 Å². The minimum atomic E-state index is -0.402. The number of alkyl carbamates (subject to hydrolysis) is 2. The van der Waals surface area contributed by atoms with Gasteiger partial charge in [-0.1, -0.05) is 26.7 Å². The van der Waals surface area contributed by atoms with E-state index in [1.165, 1.54) is 0 Å². The first-order chi connectivity index (χ1) is 12.0. The second kappa shape index (κ2) is 21.3. The molecule has 27 heavy (non-hydrogen) atoms. The molecular weight excluding hydrogens is 395 g/mol. The summed E-state index contributed by atoms with van der Waals surface area (Å²) in [5.74, 6) is 0. The van der Waals surface area contributed by atoms with Gasteiger partial charge in [0.25, 0.3) is 0 Å². The molecule has 8 nitrogen and oxygen atoms in total. The highest BCUT2D eigenvalue weighted by atomic mass is 35.5. The van der Waals surface area contributed by atoms with E-state index in [4.69, 9.17) is 15.2 Å². The average molecular weight is 433 g/mol. The molecule has 0 aromatic rings. The Kier molecular flexibility index (Phi) is 24.3. The zero-order valence-corrected chi connectivity index (χ0v) is 18.5. The zero-order chi connectivity index (χ0) is 18.9. The molecule has 0 rings (SSSR count). The zero-order valence-electron chi connectivity index (χ0n) is 16.8. The SMILES string of the molecule is CCCCNC(=O)OCCN(CCOC(=O)NCCCC)CC(C)N.Cl.Cl. The Labute approximate surface area is 176 Å². The van der Waals surface area contributed by atoms with Crippen LogP contribution in [0.4, 0.5) is 9.59 Å². The number of carbonyl (C=O) groups excluding carboxylic acids is 2. The van der Waals surface area contributed by atoms with Crippen molar-refractivity contribution in [1.29, 1.82) is 0 Å². The monoisotopic (exact) mass is 432 g/mol. The number of ether oxygens (including phenoxy) is 2. The normalized spacial score (nSPS) is 11.0. The van der Waals surface area contributed by atoms with E-state index in [0.29, 0.717) is 32.7 Å². The van der Waals surface area contributed by atoms with Crippen LogP contribution in [0.2, 0.25) is 0 Å². The highest BCUT2D eigenvalue weighted by molar-refractivity contribution is 5.85. The van der Waals surface area contributed by atoms with Crippen LogP contribution in [0.5, 0.6) is 0 Å². The van der Waals surface area contributed by atoms with Gasteiger partial charge in [-0.2, -0.15) is 0 Å². The molecule has 0 saturated carbocycles. The van der Waals surface area contributed by atoms with Crippen molar-refractivity contribution < 1.29 is 19.1 Å². The summed E-state index contributed by atoms with van der Waals surface area (Å²) >= 11 is 0. The van der Waals surface area contributed by atoms with Crippen molar-refractivity contribution in [3.8, 4) is 0 Å². The topological polar surface area (TPSA) is 106 Å². The van der Waals surface area contributed by atoms with Gasteiger partial charge in [-0.15, -0.1) is 24.8 Å². The van der Waals surface area contributed by atoms with Gasteiger partial charge in [0.2, 0.25) is 0 Å². The van der Waals surface area contributed by atoms with Gasteiger partial charge in [0.15, 0.2) is 0 Å². The quantitative estimate of drug-likeness (QED) is 0.364. The number of nitrogens with zero attached hydrogens (tertiary/aromatic N) is 1. The molecular formula is C17H38Cl2N4O4. The maximum atomic E-state index is 11.5. The van der Waals surface area contributed by atoms with Gasteiger partial charge < -0.3 is 25.8 Å². The van der Waals surface area contributed by atoms with Crippen molar-refractivity contribution in [2.75, 3.05) is 45.9 Å². The number of halogens is 2. The van der Waals surface area contributed by atoms with Crippen molar-refractivity contribution in [2.24, 2.45) is 5.73 Å². The standard InChI is InChI=1S/C17H36N4O4.2ClH/c1-4-6-8-19-16(22)24-12-10-21(14-15(3)18)11-13-25-17(23)20-9-7-5-2;;/h15H,4-14,18H2,1-3H3,(H,19,22)(H,20,23);2*1H. The Bertz CT molecular complexity index is 336. The molecule has 0 saturated heterocycles. The van der Waals surface area contributed by atoms with Gasteiger partial charge in [0.1, 0.15) is 13.2 Å². The Balaban J connectivity index is -0.00000288. The van der Waals surface area contributed by atoms with Gasteiger partial charge in [0.05, 0.1) is 0 Å². The van der Waals surface area contributed by atoms with Crippen molar-refractivity contribution in [3.05, 3.63) is 0 Å². The van der Waals surface area contributed by atoms with Crippen molar-refractivity contribution in [3.63, 3.8) is 0 Å². The van der Waals surface area contributed by atoms with Crippen LogP contribution in [-0.4, -0.2) is 69.1 Å². The summed E-state index contributed by atoms with van der Waals surface area (Å²) in [6, 6.07) is -0.0169. The lowest BCUT2D eigenvalue weighted by Crippen LogP contribution is -2.40. The average Bonchev–Trinajstić information content (AvgIpc) is 2.54. The molecule has 0 radical (unpaired) electrons. The number of nitrogens with one attached hydrogen (secondary N) is 2. The van der Waals surface area contributed by atoms with E-state index in [0.717, 1.165) is 25.7 Å². The summed E-state index contributed by atoms with van der Waals surface area (Å²) in [4.78, 5) is 25.0. The van der Waals surface area contributed by atoms with Crippen LogP contribution < -0.4 is 16.4 Å². The second-order valence-electron chi connectivity index (χ2n) is 6.11. The van der Waals surface area contributed by atoms with Crippen molar-refractivity contribution >= 4 is 37.0 Å². The minimum absolute atomic E-state index is 0. The van der Waals surface area contributed by atoms with Crippen LogP contribution in [0.15, 0.2) is 0 Å². The second-order valence-corrected chi connectivity index (χ2v) is 6.11.